The van der Waals surface area contributed by atoms with E-state index in [1.807, 2.05) is 39.6 Å². The lowest BCUT2D eigenvalue weighted by Gasteiger charge is -2.25. The fourth-order valence-corrected chi connectivity index (χ4v) is 3.36. The number of likely N-dealkylation sites (N-methyl/N-ethyl adjacent to an activating group) is 1. The van der Waals surface area contributed by atoms with Crippen LogP contribution in [0.3, 0.4) is 0 Å². The van der Waals surface area contributed by atoms with Crippen LogP contribution >= 0.6 is 0 Å². The lowest BCUT2D eigenvalue weighted by molar-refractivity contribution is -0.119. The number of rotatable bonds is 5. The van der Waals surface area contributed by atoms with Crippen LogP contribution in [0.15, 0.2) is 30.6 Å². The maximum absolute atomic E-state index is 12.8. The third-order valence-corrected chi connectivity index (χ3v) is 4.50. The summed E-state index contributed by atoms with van der Waals surface area (Å²) in [6, 6.07) is 8.68. The van der Waals surface area contributed by atoms with Crippen molar-refractivity contribution in [3.8, 4) is 0 Å². The van der Waals surface area contributed by atoms with E-state index in [4.69, 9.17) is 0 Å². The Balaban J connectivity index is 1.67. The molecular weight excluding hydrogens is 302 g/mol. The zero-order chi connectivity index (χ0) is 17.3. The number of carbonyl (C=O) groups excluding carboxylic acids is 1. The molecule has 2 aromatic rings. The average molecular weight is 327 g/mol. The molecule has 2 heterocycles. The summed E-state index contributed by atoms with van der Waals surface area (Å²) in [4.78, 5) is 16.7. The van der Waals surface area contributed by atoms with Crippen molar-refractivity contribution in [1.29, 1.82) is 0 Å². The van der Waals surface area contributed by atoms with Crippen molar-refractivity contribution >= 4 is 11.6 Å². The number of amides is 1. The van der Waals surface area contributed by atoms with Crippen LogP contribution in [0, 0.1) is 0 Å². The Morgan fingerprint density at radius 1 is 1.38 bits per heavy atom. The van der Waals surface area contributed by atoms with E-state index in [1.165, 1.54) is 5.56 Å². The molecule has 1 aromatic carbocycles. The van der Waals surface area contributed by atoms with Crippen LogP contribution in [0.4, 0.5) is 5.69 Å². The minimum atomic E-state index is 0.130. The molecule has 1 aromatic heterocycles. The molecule has 1 unspecified atom stereocenters. The molecule has 0 N–H and O–H groups in total. The van der Waals surface area contributed by atoms with Crippen molar-refractivity contribution in [2.75, 3.05) is 18.5 Å². The number of nitrogens with zero attached hydrogens (tertiary/aromatic N) is 5. The van der Waals surface area contributed by atoms with E-state index >= 15 is 0 Å². The van der Waals surface area contributed by atoms with Crippen molar-refractivity contribution in [3.63, 3.8) is 0 Å². The molecule has 1 aliphatic heterocycles. The number of anilines is 1. The van der Waals surface area contributed by atoms with Gasteiger partial charge < -0.3 is 9.47 Å². The van der Waals surface area contributed by atoms with Gasteiger partial charge in [-0.3, -0.25) is 9.69 Å². The Kier molecular flexibility index (Phi) is 4.66. The fourth-order valence-electron chi connectivity index (χ4n) is 3.36. The molecule has 1 aliphatic rings. The van der Waals surface area contributed by atoms with Crippen LogP contribution in [0.2, 0.25) is 0 Å². The van der Waals surface area contributed by atoms with Crippen LogP contribution in [-0.4, -0.2) is 45.2 Å². The molecule has 128 valence electrons. The van der Waals surface area contributed by atoms with Gasteiger partial charge in [0.25, 0.3) is 0 Å². The smallest absolute Gasteiger partial charge is 0.241 e. The van der Waals surface area contributed by atoms with Gasteiger partial charge in [-0.25, -0.2) is 0 Å². The maximum atomic E-state index is 12.8. The monoisotopic (exact) mass is 327 g/mol. The zero-order valence-electron chi connectivity index (χ0n) is 14.8. The number of aromatic nitrogens is 3. The van der Waals surface area contributed by atoms with Crippen LogP contribution in [-0.2, 0) is 17.8 Å². The Hall–Kier alpha value is -2.21. The highest BCUT2D eigenvalue weighted by Gasteiger charge is 2.30. The largest absolute Gasteiger partial charge is 0.314 e. The first-order chi connectivity index (χ1) is 11.5. The van der Waals surface area contributed by atoms with Gasteiger partial charge in [0.05, 0.1) is 13.1 Å². The summed E-state index contributed by atoms with van der Waals surface area (Å²) >= 11 is 0. The van der Waals surface area contributed by atoms with Crippen LogP contribution in [0.1, 0.15) is 38.2 Å². The number of hydrogen-bond acceptors (Lipinski definition) is 4. The van der Waals surface area contributed by atoms with Gasteiger partial charge in [0, 0.05) is 17.8 Å². The molecule has 6 heteroatoms. The summed E-state index contributed by atoms with van der Waals surface area (Å²) in [7, 11) is 1.95. The van der Waals surface area contributed by atoms with Crippen molar-refractivity contribution < 1.29 is 4.79 Å². The summed E-state index contributed by atoms with van der Waals surface area (Å²) in [5.74, 6) is 1.01. The van der Waals surface area contributed by atoms with Gasteiger partial charge in [-0.15, -0.1) is 10.2 Å². The fraction of sp³-hybridized carbons (Fsp3) is 0.500. The first-order valence-electron chi connectivity index (χ1n) is 8.44. The minimum Gasteiger partial charge on any atom is -0.314 e. The van der Waals surface area contributed by atoms with Gasteiger partial charge >= 0.3 is 0 Å². The number of benzene rings is 1. The van der Waals surface area contributed by atoms with Gasteiger partial charge in [0.15, 0.2) is 0 Å². The highest BCUT2D eigenvalue weighted by atomic mass is 16.2. The van der Waals surface area contributed by atoms with Gasteiger partial charge in [-0.2, -0.15) is 0 Å². The Labute approximate surface area is 143 Å². The van der Waals surface area contributed by atoms with Crippen molar-refractivity contribution in [2.24, 2.45) is 0 Å². The summed E-state index contributed by atoms with van der Waals surface area (Å²) in [6.07, 6.45) is 2.67. The normalized spacial score (nSPS) is 16.9. The van der Waals surface area contributed by atoms with Gasteiger partial charge in [-0.05, 0) is 45.9 Å². The third kappa shape index (κ3) is 3.19. The summed E-state index contributed by atoms with van der Waals surface area (Å²) in [5.41, 5.74) is 2.30. The van der Waals surface area contributed by atoms with E-state index < -0.39 is 0 Å². The molecule has 1 atom stereocenters. The predicted octanol–water partition coefficient (Wildman–Crippen LogP) is 2.27. The second kappa shape index (κ2) is 6.73. The lowest BCUT2D eigenvalue weighted by Crippen LogP contribution is -2.42. The zero-order valence-corrected chi connectivity index (χ0v) is 14.8. The summed E-state index contributed by atoms with van der Waals surface area (Å²) in [6.45, 7) is 7.27. The van der Waals surface area contributed by atoms with Crippen LogP contribution in [0.25, 0.3) is 0 Å². The first kappa shape index (κ1) is 16.6. The summed E-state index contributed by atoms with van der Waals surface area (Å²) < 4.78 is 2.04. The van der Waals surface area contributed by atoms with E-state index in [0.29, 0.717) is 19.1 Å². The average Bonchev–Trinajstić information content (AvgIpc) is 3.09. The van der Waals surface area contributed by atoms with Gasteiger partial charge in [-0.1, -0.05) is 18.2 Å². The molecule has 24 heavy (non-hydrogen) atoms. The second-order valence-electron chi connectivity index (χ2n) is 6.87. The molecule has 0 radical (unpaired) electrons. The van der Waals surface area contributed by atoms with E-state index in [2.05, 4.69) is 37.0 Å². The van der Waals surface area contributed by atoms with Crippen LogP contribution < -0.4 is 4.90 Å². The SMILES string of the molecule is CC1Cc2ccccc2N1C(=O)CN(C)Cc1nncn1C(C)C. The van der Waals surface area contributed by atoms with Crippen LogP contribution in [0.5, 0.6) is 0 Å². The van der Waals surface area contributed by atoms with Crippen molar-refractivity contribution in [3.05, 3.63) is 42.0 Å². The molecule has 0 saturated carbocycles. The topological polar surface area (TPSA) is 54.3 Å². The molecule has 0 fully saturated rings. The second-order valence-corrected chi connectivity index (χ2v) is 6.87. The van der Waals surface area contributed by atoms with E-state index in [1.54, 1.807) is 6.33 Å². The number of hydrogen-bond donors (Lipinski definition) is 0. The minimum absolute atomic E-state index is 0.130. The standard InChI is InChI=1S/C18H25N5O/c1-13(2)22-12-19-20-17(22)10-21(4)11-18(24)23-14(3)9-15-7-5-6-8-16(15)23/h5-8,12-14H,9-11H2,1-4H3. The van der Waals surface area contributed by atoms with E-state index in [9.17, 15) is 4.79 Å². The molecule has 3 rings (SSSR count). The molecule has 6 nitrogen and oxygen atoms in total. The molecule has 0 spiro atoms. The molecular formula is C18H25N5O. The Morgan fingerprint density at radius 3 is 2.88 bits per heavy atom. The first-order valence-corrected chi connectivity index (χ1v) is 8.44. The van der Waals surface area contributed by atoms with E-state index in [0.717, 1.165) is 17.9 Å². The Morgan fingerprint density at radius 2 is 2.12 bits per heavy atom. The maximum Gasteiger partial charge on any atom is 0.241 e. The molecule has 1 amide bonds. The number of carbonyl (C=O) groups is 1. The highest BCUT2D eigenvalue weighted by Crippen LogP contribution is 2.31. The quantitative estimate of drug-likeness (QED) is 0.845. The Bertz CT molecular complexity index is 724. The third-order valence-electron chi connectivity index (χ3n) is 4.50. The summed E-state index contributed by atoms with van der Waals surface area (Å²) in [5, 5.41) is 8.17. The number of fused-ring (bicyclic) bond motifs is 1. The van der Waals surface area contributed by atoms with Crippen molar-refractivity contribution in [1.82, 2.24) is 19.7 Å². The predicted molar refractivity (Wildman–Crippen MR) is 93.8 cm³/mol. The van der Waals surface area contributed by atoms with Gasteiger partial charge in [0.1, 0.15) is 12.2 Å². The van der Waals surface area contributed by atoms with Gasteiger partial charge in [0.2, 0.25) is 5.91 Å². The number of para-hydroxylation sites is 1. The molecule has 0 bridgehead atoms. The molecule has 0 saturated heterocycles. The van der Waals surface area contributed by atoms with Crippen molar-refractivity contribution in [2.45, 2.75) is 45.8 Å². The lowest BCUT2D eigenvalue weighted by atomic mass is 10.1. The highest BCUT2D eigenvalue weighted by molar-refractivity contribution is 5.97. The van der Waals surface area contributed by atoms with E-state index in [-0.39, 0.29) is 11.9 Å². The molecule has 0 aliphatic carbocycles.